The van der Waals surface area contributed by atoms with E-state index in [1.54, 1.807) is 0 Å². The van der Waals surface area contributed by atoms with Gasteiger partial charge >= 0.3 is 0 Å². The van der Waals surface area contributed by atoms with Gasteiger partial charge in [0.15, 0.2) is 0 Å². The normalized spacial score (nSPS) is 20.4. The molecule has 0 bridgehead atoms. The third-order valence-corrected chi connectivity index (χ3v) is 3.24. The summed E-state index contributed by atoms with van der Waals surface area (Å²) in [6.45, 7) is 9.56. The Bertz CT molecular complexity index is 378. The van der Waals surface area contributed by atoms with Crippen LogP contribution in [0, 0.1) is 12.8 Å². The molecule has 0 aromatic carbocycles. The van der Waals surface area contributed by atoms with Gasteiger partial charge in [-0.1, -0.05) is 6.92 Å². The van der Waals surface area contributed by atoms with Gasteiger partial charge in [-0.3, -0.25) is 0 Å². The summed E-state index contributed by atoms with van der Waals surface area (Å²) < 4.78 is 0. The van der Waals surface area contributed by atoms with E-state index >= 15 is 0 Å². The summed E-state index contributed by atoms with van der Waals surface area (Å²) in [5.41, 5.74) is 1.17. The second-order valence-electron chi connectivity index (χ2n) is 4.92. The highest BCUT2D eigenvalue weighted by Gasteiger charge is 2.19. The third kappa shape index (κ3) is 2.87. The van der Waals surface area contributed by atoms with Gasteiger partial charge in [0.1, 0.15) is 5.82 Å². The van der Waals surface area contributed by atoms with Crippen LogP contribution >= 0.6 is 0 Å². The van der Waals surface area contributed by atoms with Gasteiger partial charge in [-0.05, 0) is 32.6 Å². The van der Waals surface area contributed by atoms with Crippen molar-refractivity contribution in [2.24, 2.45) is 5.92 Å². The summed E-state index contributed by atoms with van der Waals surface area (Å²) in [6.07, 6.45) is 4.52. The van der Waals surface area contributed by atoms with Crippen LogP contribution in [-0.2, 0) is 0 Å². The van der Waals surface area contributed by atoms with Crippen molar-refractivity contribution in [3.05, 3.63) is 11.8 Å². The van der Waals surface area contributed by atoms with E-state index in [2.05, 4.69) is 41.0 Å². The lowest BCUT2D eigenvalue weighted by Crippen LogP contribution is -2.35. The minimum absolute atomic E-state index is 0.742. The number of aromatic nitrogens is 2. The van der Waals surface area contributed by atoms with Gasteiger partial charge in [-0.15, -0.1) is 0 Å². The van der Waals surface area contributed by atoms with Crippen LogP contribution in [-0.4, -0.2) is 29.6 Å². The lowest BCUT2D eigenvalue weighted by molar-refractivity contribution is 0.444. The summed E-state index contributed by atoms with van der Waals surface area (Å²) in [6, 6.07) is 0. The van der Waals surface area contributed by atoms with Crippen LogP contribution in [0.2, 0.25) is 0 Å². The van der Waals surface area contributed by atoms with E-state index in [1.165, 1.54) is 18.4 Å². The molecule has 4 nitrogen and oxygen atoms in total. The number of nitrogens with zero attached hydrogens (tertiary/aromatic N) is 3. The molecule has 1 aromatic rings. The molecule has 17 heavy (non-hydrogen) atoms. The third-order valence-electron chi connectivity index (χ3n) is 3.24. The molecule has 0 aliphatic carbocycles. The first-order valence-electron chi connectivity index (χ1n) is 6.53. The number of nitrogens with one attached hydrogen (secondary N) is 1. The van der Waals surface area contributed by atoms with Gasteiger partial charge in [0.05, 0.1) is 0 Å². The van der Waals surface area contributed by atoms with E-state index < -0.39 is 0 Å². The van der Waals surface area contributed by atoms with Crippen LogP contribution in [0.5, 0.6) is 0 Å². The Balaban J connectivity index is 2.20. The molecule has 1 N–H and O–H groups in total. The fraction of sp³-hybridized carbons (Fsp3) is 0.692. The van der Waals surface area contributed by atoms with E-state index in [4.69, 9.17) is 0 Å². The van der Waals surface area contributed by atoms with Crippen molar-refractivity contribution in [1.82, 2.24) is 9.97 Å². The largest absolute Gasteiger partial charge is 0.356 e. The first kappa shape index (κ1) is 12.1. The number of piperidine rings is 1. The average Bonchev–Trinajstić information content (AvgIpc) is 2.32. The fourth-order valence-corrected chi connectivity index (χ4v) is 2.38. The summed E-state index contributed by atoms with van der Waals surface area (Å²) >= 11 is 0. The highest BCUT2D eigenvalue weighted by atomic mass is 15.2. The second kappa shape index (κ2) is 5.34. The van der Waals surface area contributed by atoms with Crippen LogP contribution in [0.3, 0.4) is 0 Å². The molecule has 4 heteroatoms. The van der Waals surface area contributed by atoms with E-state index in [9.17, 15) is 0 Å². The zero-order valence-electron chi connectivity index (χ0n) is 11.0. The molecule has 0 saturated carbocycles. The molecule has 94 valence electrons. The Hall–Kier alpha value is -1.32. The van der Waals surface area contributed by atoms with Crippen LogP contribution in [0.25, 0.3) is 0 Å². The Morgan fingerprint density at radius 3 is 3.06 bits per heavy atom. The number of rotatable bonds is 3. The quantitative estimate of drug-likeness (QED) is 0.872. The minimum Gasteiger partial charge on any atom is -0.356 e. The zero-order chi connectivity index (χ0) is 12.3. The summed E-state index contributed by atoms with van der Waals surface area (Å²) in [5, 5.41) is 3.18. The van der Waals surface area contributed by atoms with Crippen molar-refractivity contribution in [3.8, 4) is 0 Å². The van der Waals surface area contributed by atoms with Crippen molar-refractivity contribution in [1.29, 1.82) is 0 Å². The standard InChI is InChI=1S/C13H22N4/c1-4-14-13-15-8-11(3)12(16-13)17-7-5-6-10(2)9-17/h8,10H,4-7,9H2,1-3H3,(H,14,15,16). The smallest absolute Gasteiger partial charge is 0.224 e. The van der Waals surface area contributed by atoms with Gasteiger partial charge in [0, 0.05) is 31.4 Å². The summed E-state index contributed by atoms with van der Waals surface area (Å²) in [7, 11) is 0. The number of hydrogen-bond acceptors (Lipinski definition) is 4. The summed E-state index contributed by atoms with van der Waals surface area (Å²) in [4.78, 5) is 11.3. The topological polar surface area (TPSA) is 41.1 Å². The SMILES string of the molecule is CCNc1ncc(C)c(N2CCCC(C)C2)n1. The van der Waals surface area contributed by atoms with Crippen LogP contribution < -0.4 is 10.2 Å². The maximum absolute atomic E-state index is 4.62. The monoisotopic (exact) mass is 234 g/mol. The highest BCUT2D eigenvalue weighted by Crippen LogP contribution is 2.24. The Labute approximate surface area is 103 Å². The van der Waals surface area contributed by atoms with Crippen molar-refractivity contribution >= 4 is 11.8 Å². The molecule has 2 heterocycles. The van der Waals surface area contributed by atoms with Gasteiger partial charge < -0.3 is 10.2 Å². The van der Waals surface area contributed by atoms with Crippen LogP contribution in [0.4, 0.5) is 11.8 Å². The van der Waals surface area contributed by atoms with Crippen molar-refractivity contribution < 1.29 is 0 Å². The predicted molar refractivity (Wildman–Crippen MR) is 71.5 cm³/mol. The van der Waals surface area contributed by atoms with Crippen LogP contribution in [0.15, 0.2) is 6.20 Å². The maximum Gasteiger partial charge on any atom is 0.224 e. The van der Waals surface area contributed by atoms with E-state index in [-0.39, 0.29) is 0 Å². The molecular formula is C13H22N4. The number of aryl methyl sites for hydroxylation is 1. The molecule has 1 saturated heterocycles. The number of hydrogen-bond donors (Lipinski definition) is 1. The summed E-state index contributed by atoms with van der Waals surface area (Å²) in [5.74, 6) is 2.61. The molecule has 1 fully saturated rings. The Morgan fingerprint density at radius 1 is 1.53 bits per heavy atom. The molecule has 0 amide bonds. The molecule has 0 radical (unpaired) electrons. The molecular weight excluding hydrogens is 212 g/mol. The van der Waals surface area contributed by atoms with Gasteiger partial charge in [-0.25, -0.2) is 4.98 Å². The van der Waals surface area contributed by atoms with Crippen molar-refractivity contribution in [2.45, 2.75) is 33.6 Å². The molecule has 1 aliphatic heterocycles. The van der Waals surface area contributed by atoms with E-state index in [0.717, 1.165) is 37.3 Å². The second-order valence-corrected chi connectivity index (χ2v) is 4.92. The van der Waals surface area contributed by atoms with Crippen LogP contribution in [0.1, 0.15) is 32.3 Å². The van der Waals surface area contributed by atoms with E-state index in [0.29, 0.717) is 0 Å². The van der Waals surface area contributed by atoms with Gasteiger partial charge in [0.25, 0.3) is 0 Å². The Morgan fingerprint density at radius 2 is 2.35 bits per heavy atom. The van der Waals surface area contributed by atoms with E-state index in [1.807, 2.05) is 6.20 Å². The fourth-order valence-electron chi connectivity index (χ4n) is 2.38. The lowest BCUT2D eigenvalue weighted by atomic mass is 10.0. The molecule has 1 aromatic heterocycles. The maximum atomic E-state index is 4.62. The molecule has 1 atom stereocenters. The zero-order valence-corrected chi connectivity index (χ0v) is 11.0. The number of anilines is 2. The highest BCUT2D eigenvalue weighted by molar-refractivity contribution is 5.49. The van der Waals surface area contributed by atoms with Crippen molar-refractivity contribution in [3.63, 3.8) is 0 Å². The molecule has 0 spiro atoms. The Kier molecular flexibility index (Phi) is 3.82. The average molecular weight is 234 g/mol. The molecule has 1 unspecified atom stereocenters. The van der Waals surface area contributed by atoms with Gasteiger partial charge in [0.2, 0.25) is 5.95 Å². The predicted octanol–water partition coefficient (Wildman–Crippen LogP) is 2.45. The minimum atomic E-state index is 0.742. The van der Waals surface area contributed by atoms with Gasteiger partial charge in [-0.2, -0.15) is 4.98 Å². The molecule has 2 rings (SSSR count). The first-order chi connectivity index (χ1) is 8.20. The first-order valence-corrected chi connectivity index (χ1v) is 6.53. The lowest BCUT2D eigenvalue weighted by Gasteiger charge is -2.32. The molecule has 1 aliphatic rings. The van der Waals surface area contributed by atoms with Crippen molar-refractivity contribution in [2.75, 3.05) is 29.9 Å².